The van der Waals surface area contributed by atoms with Crippen LogP contribution in [0.2, 0.25) is 0 Å². The zero-order valence-corrected chi connectivity index (χ0v) is 22.5. The molecule has 0 spiro atoms. The van der Waals surface area contributed by atoms with Gasteiger partial charge in [-0.15, -0.1) is 5.10 Å². The van der Waals surface area contributed by atoms with E-state index in [0.29, 0.717) is 30.8 Å². The Balaban J connectivity index is 1.43. The number of aliphatic hydroxyl groups is 4. The van der Waals surface area contributed by atoms with Crippen molar-refractivity contribution >= 4 is 5.91 Å². The maximum Gasteiger partial charge on any atom is 0.237 e. The first-order chi connectivity index (χ1) is 19.3. The molecule has 1 saturated heterocycles. The van der Waals surface area contributed by atoms with E-state index in [1.54, 1.807) is 24.5 Å². The number of aliphatic hydroxyl groups excluding tert-OH is 4. The second kappa shape index (κ2) is 14.2. The van der Waals surface area contributed by atoms with Crippen molar-refractivity contribution < 1.29 is 34.3 Å². The molecular formula is C27H39FN6O6. The second-order valence-electron chi connectivity index (χ2n) is 10.4. The molecule has 1 fully saturated rings. The van der Waals surface area contributed by atoms with Crippen LogP contribution in [0.5, 0.6) is 0 Å². The summed E-state index contributed by atoms with van der Waals surface area (Å²) >= 11 is 0. The Morgan fingerprint density at radius 1 is 1.23 bits per heavy atom. The standard InChI is InChI=1S/C27H39FN6O6/c1-16(35)22(31-27(39)19-9-8-17(10-13-30-19)6-2-4-11-28)26-25(38)24(37)23(36)21(40-26)15-34-14-20(32-33-34)18-7-3-5-12-29-18/h3,5,7-8,12,14,16,19,21-26,30,35-38H,2,4,6,9-11,13,15H2,1H3,(H,31,39)/t16-,19+,21?,22-,23+,24?,25?,26-/m1/s1. The Morgan fingerprint density at radius 3 is 2.77 bits per heavy atom. The van der Waals surface area contributed by atoms with Gasteiger partial charge in [-0.05, 0) is 57.7 Å². The molecule has 2 aromatic rings. The molecule has 2 aliphatic rings. The van der Waals surface area contributed by atoms with Crippen LogP contribution < -0.4 is 10.6 Å². The molecule has 4 heterocycles. The topological polar surface area (TPSA) is 175 Å². The highest BCUT2D eigenvalue weighted by molar-refractivity contribution is 5.82. The Kier molecular flexibility index (Phi) is 10.7. The van der Waals surface area contributed by atoms with E-state index in [-0.39, 0.29) is 13.2 Å². The molecule has 4 rings (SSSR count). The molecule has 0 aromatic carbocycles. The minimum Gasteiger partial charge on any atom is -0.391 e. The third-order valence-electron chi connectivity index (χ3n) is 7.44. The number of carbonyl (C=O) groups excluding carboxylic acids is 1. The normalized spacial score (nSPS) is 28.8. The highest BCUT2D eigenvalue weighted by atomic mass is 19.1. The van der Waals surface area contributed by atoms with Crippen LogP contribution in [0.4, 0.5) is 4.39 Å². The van der Waals surface area contributed by atoms with Gasteiger partial charge in [0.15, 0.2) is 0 Å². The number of carbonyl (C=O) groups is 1. The predicted octanol–water partition coefficient (Wildman–Crippen LogP) is -0.126. The van der Waals surface area contributed by atoms with Crippen LogP contribution in [0.25, 0.3) is 11.4 Å². The smallest absolute Gasteiger partial charge is 0.237 e. The van der Waals surface area contributed by atoms with Gasteiger partial charge in [-0.25, -0.2) is 4.68 Å². The lowest BCUT2D eigenvalue weighted by atomic mass is 9.89. The molecule has 0 radical (unpaired) electrons. The van der Waals surface area contributed by atoms with Crippen LogP contribution in [-0.4, -0.2) is 108 Å². The molecule has 1 amide bonds. The van der Waals surface area contributed by atoms with Crippen molar-refractivity contribution in [3.05, 3.63) is 42.2 Å². The number of aromatic nitrogens is 4. The van der Waals surface area contributed by atoms with Crippen LogP contribution >= 0.6 is 0 Å². The number of pyridine rings is 1. The fraction of sp³-hybridized carbons (Fsp3) is 0.630. The molecule has 8 atom stereocenters. The monoisotopic (exact) mass is 562 g/mol. The maximum absolute atomic E-state index is 13.2. The van der Waals surface area contributed by atoms with Crippen molar-refractivity contribution in [1.29, 1.82) is 0 Å². The van der Waals surface area contributed by atoms with Crippen LogP contribution in [0.3, 0.4) is 0 Å². The van der Waals surface area contributed by atoms with Gasteiger partial charge in [-0.3, -0.25) is 14.2 Å². The molecule has 0 bridgehead atoms. The van der Waals surface area contributed by atoms with Crippen molar-refractivity contribution in [2.24, 2.45) is 0 Å². The first-order valence-electron chi connectivity index (χ1n) is 13.8. The third kappa shape index (κ3) is 7.47. The first-order valence-corrected chi connectivity index (χ1v) is 13.8. The summed E-state index contributed by atoms with van der Waals surface area (Å²) in [5.74, 6) is -0.392. The Hall–Kier alpha value is -2.81. The molecule has 3 unspecified atom stereocenters. The quantitative estimate of drug-likeness (QED) is 0.160. The van der Waals surface area contributed by atoms with Crippen LogP contribution in [0.15, 0.2) is 42.2 Å². The summed E-state index contributed by atoms with van der Waals surface area (Å²) in [4.78, 5) is 17.4. The number of ether oxygens (including phenoxy) is 1. The summed E-state index contributed by atoms with van der Waals surface area (Å²) in [7, 11) is 0. The molecule has 6 N–H and O–H groups in total. The maximum atomic E-state index is 13.2. The molecule has 12 nitrogen and oxygen atoms in total. The fourth-order valence-electron chi connectivity index (χ4n) is 5.12. The lowest BCUT2D eigenvalue weighted by Crippen LogP contribution is -2.66. The molecule has 0 saturated carbocycles. The third-order valence-corrected chi connectivity index (χ3v) is 7.44. The average Bonchev–Trinajstić information content (AvgIpc) is 3.29. The zero-order chi connectivity index (χ0) is 28.6. The molecular weight excluding hydrogens is 523 g/mol. The summed E-state index contributed by atoms with van der Waals surface area (Å²) in [5, 5.41) is 56.8. The number of nitrogens with zero attached hydrogens (tertiary/aromatic N) is 4. The van der Waals surface area contributed by atoms with Gasteiger partial charge < -0.3 is 35.8 Å². The summed E-state index contributed by atoms with van der Waals surface area (Å²) in [5.41, 5.74) is 2.29. The van der Waals surface area contributed by atoms with Gasteiger partial charge in [0.2, 0.25) is 5.91 Å². The molecule has 40 heavy (non-hydrogen) atoms. The van der Waals surface area contributed by atoms with Gasteiger partial charge in [0.05, 0.1) is 43.3 Å². The SMILES string of the molecule is C[C@@H](O)[C@@H](NC(=O)[C@@H]1CC=C(CCCCF)CCN1)[C@H]1OC(Cn2cc(-c3ccccn3)nn2)[C@H](O)C(O)C1O. The van der Waals surface area contributed by atoms with E-state index in [2.05, 4.69) is 25.9 Å². The first kappa shape index (κ1) is 30.2. The average molecular weight is 563 g/mol. The number of hydrogen-bond acceptors (Lipinski definition) is 10. The lowest BCUT2D eigenvalue weighted by Gasteiger charge is -2.44. The van der Waals surface area contributed by atoms with E-state index in [9.17, 15) is 29.6 Å². The largest absolute Gasteiger partial charge is 0.391 e. The van der Waals surface area contributed by atoms with Gasteiger partial charge in [-0.1, -0.05) is 22.9 Å². The van der Waals surface area contributed by atoms with E-state index in [4.69, 9.17) is 4.74 Å². The van der Waals surface area contributed by atoms with Crippen molar-refractivity contribution in [1.82, 2.24) is 30.6 Å². The Labute approximate surface area is 232 Å². The number of nitrogens with one attached hydrogen (secondary N) is 2. The van der Waals surface area contributed by atoms with Gasteiger partial charge in [-0.2, -0.15) is 0 Å². The van der Waals surface area contributed by atoms with Crippen LogP contribution in [0.1, 0.15) is 39.0 Å². The molecule has 0 aliphatic carbocycles. The van der Waals surface area contributed by atoms with Crippen molar-refractivity contribution in [2.75, 3.05) is 13.2 Å². The zero-order valence-electron chi connectivity index (χ0n) is 22.5. The summed E-state index contributed by atoms with van der Waals surface area (Å²) < 4.78 is 19.9. The summed E-state index contributed by atoms with van der Waals surface area (Å²) in [6, 6.07) is 3.72. The van der Waals surface area contributed by atoms with Crippen molar-refractivity contribution in [3.8, 4) is 11.4 Å². The predicted molar refractivity (Wildman–Crippen MR) is 142 cm³/mol. The van der Waals surface area contributed by atoms with Gasteiger partial charge in [0.1, 0.15) is 36.2 Å². The van der Waals surface area contributed by atoms with E-state index in [0.717, 1.165) is 19.3 Å². The minimum atomic E-state index is -1.59. The second-order valence-corrected chi connectivity index (χ2v) is 10.4. The number of unbranched alkanes of at least 4 members (excludes halogenated alkanes) is 1. The highest BCUT2D eigenvalue weighted by Crippen LogP contribution is 2.26. The van der Waals surface area contributed by atoms with Crippen molar-refractivity contribution in [3.63, 3.8) is 0 Å². The fourth-order valence-corrected chi connectivity index (χ4v) is 5.12. The molecule has 2 aromatic heterocycles. The van der Waals surface area contributed by atoms with Crippen LogP contribution in [0, 0.1) is 0 Å². The van der Waals surface area contributed by atoms with Gasteiger partial charge in [0.25, 0.3) is 0 Å². The van der Waals surface area contributed by atoms with E-state index in [1.807, 2.05) is 12.1 Å². The number of rotatable bonds is 11. The number of amides is 1. The molecule has 220 valence electrons. The van der Waals surface area contributed by atoms with E-state index >= 15 is 0 Å². The Bertz CT molecular complexity index is 1120. The molecule has 2 aliphatic heterocycles. The molecule has 13 heteroatoms. The lowest BCUT2D eigenvalue weighted by molar-refractivity contribution is -0.236. The van der Waals surface area contributed by atoms with Crippen LogP contribution in [-0.2, 0) is 16.1 Å². The summed E-state index contributed by atoms with van der Waals surface area (Å²) in [6.45, 7) is 1.67. The Morgan fingerprint density at radius 2 is 2.05 bits per heavy atom. The summed E-state index contributed by atoms with van der Waals surface area (Å²) in [6.07, 6.45) is 0.482. The minimum absolute atomic E-state index is 0.0120. The van der Waals surface area contributed by atoms with Gasteiger partial charge in [0, 0.05) is 6.20 Å². The van der Waals surface area contributed by atoms with E-state index in [1.165, 1.54) is 17.2 Å². The van der Waals surface area contributed by atoms with E-state index < -0.39 is 54.6 Å². The van der Waals surface area contributed by atoms with Crippen molar-refractivity contribution in [2.45, 2.75) is 94.3 Å². The number of hydrogen-bond donors (Lipinski definition) is 6. The van der Waals surface area contributed by atoms with Gasteiger partial charge >= 0.3 is 0 Å². The number of halogens is 1. The number of alkyl halides is 1. The highest BCUT2D eigenvalue weighted by Gasteiger charge is 2.48.